The molecule has 0 aliphatic heterocycles. The van der Waals surface area contributed by atoms with Gasteiger partial charge in [0.25, 0.3) is 6.01 Å². The molecule has 0 N–H and O–H groups in total. The predicted octanol–water partition coefficient (Wildman–Crippen LogP) is 3.53. The Bertz CT molecular complexity index is 541. The van der Waals surface area contributed by atoms with E-state index in [2.05, 4.69) is 28.9 Å². The maximum atomic E-state index is 5.80. The van der Waals surface area contributed by atoms with E-state index in [9.17, 15) is 0 Å². The van der Waals surface area contributed by atoms with Gasteiger partial charge in [-0.3, -0.25) is 0 Å². The standard InChI is InChI=1S/C17H25N3O/c1-19(14-8-4-3-5-9-14)12-13-20(2)17-18-15-10-6-7-11-16(15)21-17/h6-7,10-11,14H,3-5,8-9,12-13H2,1-2H3. The third-order valence-corrected chi connectivity index (χ3v) is 4.60. The Morgan fingerprint density at radius 3 is 2.62 bits per heavy atom. The maximum Gasteiger partial charge on any atom is 0.298 e. The zero-order valence-electron chi connectivity index (χ0n) is 13.1. The van der Waals surface area contributed by atoms with Gasteiger partial charge in [0.15, 0.2) is 5.58 Å². The molecule has 1 aliphatic carbocycles. The van der Waals surface area contributed by atoms with Crippen LogP contribution in [0.1, 0.15) is 32.1 Å². The fourth-order valence-electron chi connectivity index (χ4n) is 3.13. The summed E-state index contributed by atoms with van der Waals surface area (Å²) in [7, 11) is 4.30. The normalized spacial score (nSPS) is 16.7. The molecule has 114 valence electrons. The van der Waals surface area contributed by atoms with Crippen molar-refractivity contribution in [3.63, 3.8) is 0 Å². The number of hydrogen-bond acceptors (Lipinski definition) is 4. The largest absolute Gasteiger partial charge is 0.423 e. The number of oxazole rings is 1. The summed E-state index contributed by atoms with van der Waals surface area (Å²) in [5.41, 5.74) is 1.79. The molecule has 1 aromatic carbocycles. The van der Waals surface area contributed by atoms with Crippen LogP contribution in [0.2, 0.25) is 0 Å². The average molecular weight is 287 g/mol. The maximum absolute atomic E-state index is 5.80. The monoisotopic (exact) mass is 287 g/mol. The van der Waals surface area contributed by atoms with E-state index in [-0.39, 0.29) is 0 Å². The molecule has 0 unspecified atom stereocenters. The van der Waals surface area contributed by atoms with E-state index in [1.165, 1.54) is 32.1 Å². The number of fused-ring (bicyclic) bond motifs is 1. The molecule has 1 heterocycles. The van der Waals surface area contributed by atoms with Crippen molar-refractivity contribution in [2.75, 3.05) is 32.1 Å². The van der Waals surface area contributed by atoms with Crippen LogP contribution in [0.3, 0.4) is 0 Å². The number of aromatic nitrogens is 1. The molecule has 1 saturated carbocycles. The average Bonchev–Trinajstić information content (AvgIpc) is 2.97. The summed E-state index contributed by atoms with van der Waals surface area (Å²) in [4.78, 5) is 9.15. The van der Waals surface area contributed by atoms with Gasteiger partial charge in [-0.1, -0.05) is 31.4 Å². The van der Waals surface area contributed by atoms with Crippen molar-refractivity contribution >= 4 is 17.1 Å². The number of para-hydroxylation sites is 2. The summed E-state index contributed by atoms with van der Waals surface area (Å²) in [5, 5.41) is 0. The molecule has 2 aromatic rings. The number of benzene rings is 1. The van der Waals surface area contributed by atoms with Crippen molar-refractivity contribution in [2.24, 2.45) is 0 Å². The molecule has 0 amide bonds. The van der Waals surface area contributed by atoms with Gasteiger partial charge in [-0.15, -0.1) is 0 Å². The molecule has 0 bridgehead atoms. The predicted molar refractivity (Wildman–Crippen MR) is 86.8 cm³/mol. The molecule has 3 rings (SSSR count). The van der Waals surface area contributed by atoms with Crippen LogP contribution in [-0.4, -0.2) is 43.1 Å². The van der Waals surface area contributed by atoms with Crippen molar-refractivity contribution in [3.05, 3.63) is 24.3 Å². The van der Waals surface area contributed by atoms with Gasteiger partial charge in [0, 0.05) is 26.2 Å². The van der Waals surface area contributed by atoms with Gasteiger partial charge in [-0.05, 0) is 32.0 Å². The molecular weight excluding hydrogens is 262 g/mol. The summed E-state index contributed by atoms with van der Waals surface area (Å²) in [6.45, 7) is 2.00. The van der Waals surface area contributed by atoms with Crippen LogP contribution in [0.4, 0.5) is 6.01 Å². The van der Waals surface area contributed by atoms with Crippen molar-refractivity contribution in [3.8, 4) is 0 Å². The molecular formula is C17H25N3O. The van der Waals surface area contributed by atoms with E-state index in [0.717, 1.165) is 30.2 Å². The second-order valence-corrected chi connectivity index (χ2v) is 6.16. The lowest BCUT2D eigenvalue weighted by Gasteiger charge is -2.32. The Hall–Kier alpha value is -1.55. The van der Waals surface area contributed by atoms with Gasteiger partial charge >= 0.3 is 0 Å². The first-order chi connectivity index (χ1) is 10.2. The van der Waals surface area contributed by atoms with Gasteiger partial charge < -0.3 is 14.2 Å². The van der Waals surface area contributed by atoms with Crippen LogP contribution in [0.5, 0.6) is 0 Å². The minimum atomic E-state index is 0.716. The SMILES string of the molecule is CN(CCN(C)C1CCCCC1)c1nc2ccccc2o1. The summed E-state index contributed by atoms with van der Waals surface area (Å²) >= 11 is 0. The van der Waals surface area contributed by atoms with Crippen LogP contribution in [0.25, 0.3) is 11.1 Å². The molecule has 4 nitrogen and oxygen atoms in total. The molecule has 1 aromatic heterocycles. The van der Waals surface area contributed by atoms with Crippen molar-refractivity contribution in [1.82, 2.24) is 9.88 Å². The number of anilines is 1. The van der Waals surface area contributed by atoms with Crippen molar-refractivity contribution < 1.29 is 4.42 Å². The second kappa shape index (κ2) is 6.48. The fourth-order valence-corrected chi connectivity index (χ4v) is 3.13. The van der Waals surface area contributed by atoms with Gasteiger partial charge in [0.1, 0.15) is 5.52 Å². The Balaban J connectivity index is 1.56. The highest BCUT2D eigenvalue weighted by Gasteiger charge is 2.18. The highest BCUT2D eigenvalue weighted by atomic mass is 16.4. The van der Waals surface area contributed by atoms with E-state index < -0.39 is 0 Å². The Kier molecular flexibility index (Phi) is 4.44. The van der Waals surface area contributed by atoms with E-state index in [1.54, 1.807) is 0 Å². The lowest BCUT2D eigenvalue weighted by atomic mass is 9.94. The minimum Gasteiger partial charge on any atom is -0.423 e. The topological polar surface area (TPSA) is 32.5 Å². The Morgan fingerprint density at radius 1 is 1.10 bits per heavy atom. The number of hydrogen-bond donors (Lipinski definition) is 0. The van der Waals surface area contributed by atoms with E-state index in [0.29, 0.717) is 6.01 Å². The summed E-state index contributed by atoms with van der Waals surface area (Å²) in [5.74, 6) is 0. The third-order valence-electron chi connectivity index (χ3n) is 4.60. The first-order valence-corrected chi connectivity index (χ1v) is 8.01. The fraction of sp³-hybridized carbons (Fsp3) is 0.588. The Morgan fingerprint density at radius 2 is 1.86 bits per heavy atom. The quantitative estimate of drug-likeness (QED) is 0.842. The zero-order chi connectivity index (χ0) is 14.7. The van der Waals surface area contributed by atoms with Crippen molar-refractivity contribution in [2.45, 2.75) is 38.1 Å². The lowest BCUT2D eigenvalue weighted by molar-refractivity contribution is 0.195. The molecule has 4 heteroatoms. The first-order valence-electron chi connectivity index (χ1n) is 8.01. The summed E-state index contributed by atoms with van der Waals surface area (Å²) in [6, 6.07) is 9.40. The highest BCUT2D eigenvalue weighted by molar-refractivity contribution is 5.74. The van der Waals surface area contributed by atoms with Crippen LogP contribution in [0, 0.1) is 0 Å². The van der Waals surface area contributed by atoms with Crippen molar-refractivity contribution in [1.29, 1.82) is 0 Å². The smallest absolute Gasteiger partial charge is 0.298 e. The molecule has 0 spiro atoms. The first kappa shape index (κ1) is 14.4. The molecule has 1 aliphatic rings. The molecule has 1 fully saturated rings. The second-order valence-electron chi connectivity index (χ2n) is 6.16. The number of likely N-dealkylation sites (N-methyl/N-ethyl adjacent to an activating group) is 2. The molecule has 0 radical (unpaired) electrons. The third kappa shape index (κ3) is 3.38. The molecule has 0 atom stereocenters. The Labute approximate surface area is 126 Å². The van der Waals surface area contributed by atoms with Crippen LogP contribution >= 0.6 is 0 Å². The van der Waals surface area contributed by atoms with Gasteiger partial charge in [-0.2, -0.15) is 4.98 Å². The lowest BCUT2D eigenvalue weighted by Crippen LogP contribution is -2.38. The van der Waals surface area contributed by atoms with Crippen LogP contribution < -0.4 is 4.90 Å². The minimum absolute atomic E-state index is 0.716. The van der Waals surface area contributed by atoms with Gasteiger partial charge in [0.2, 0.25) is 0 Å². The zero-order valence-corrected chi connectivity index (χ0v) is 13.1. The number of nitrogens with zero attached hydrogens (tertiary/aromatic N) is 3. The molecule has 0 saturated heterocycles. The van der Waals surface area contributed by atoms with E-state index in [1.807, 2.05) is 24.3 Å². The highest BCUT2D eigenvalue weighted by Crippen LogP contribution is 2.23. The van der Waals surface area contributed by atoms with E-state index in [4.69, 9.17) is 4.42 Å². The molecule has 21 heavy (non-hydrogen) atoms. The summed E-state index contributed by atoms with van der Waals surface area (Å²) < 4.78 is 5.80. The van der Waals surface area contributed by atoms with Crippen LogP contribution in [0.15, 0.2) is 28.7 Å². The van der Waals surface area contributed by atoms with Gasteiger partial charge in [0.05, 0.1) is 0 Å². The summed E-state index contributed by atoms with van der Waals surface area (Å²) in [6.07, 6.45) is 6.88. The van der Waals surface area contributed by atoms with Gasteiger partial charge in [-0.25, -0.2) is 0 Å². The number of rotatable bonds is 5. The van der Waals surface area contributed by atoms with Crippen LogP contribution in [-0.2, 0) is 0 Å². The van der Waals surface area contributed by atoms with E-state index >= 15 is 0 Å².